The van der Waals surface area contributed by atoms with Crippen LogP contribution in [0.5, 0.6) is 5.75 Å². The fraction of sp³-hybridized carbons (Fsp3) is 0.375. The number of carboxylic acid groups (broad SMARTS) is 2. The first-order chi connectivity index (χ1) is 19.0. The van der Waals surface area contributed by atoms with Gasteiger partial charge < -0.3 is 25.2 Å². The van der Waals surface area contributed by atoms with Gasteiger partial charge in [0.2, 0.25) is 0 Å². The van der Waals surface area contributed by atoms with Crippen molar-refractivity contribution in [3.63, 3.8) is 0 Å². The van der Waals surface area contributed by atoms with Crippen LogP contribution in [0.1, 0.15) is 60.3 Å². The number of aryl methyl sites for hydroxylation is 2. The lowest BCUT2D eigenvalue weighted by Crippen LogP contribution is -2.47. The van der Waals surface area contributed by atoms with E-state index in [1.165, 1.54) is 11.1 Å². The molecule has 39 heavy (non-hydrogen) atoms. The molecule has 7 nitrogen and oxygen atoms in total. The van der Waals surface area contributed by atoms with Crippen LogP contribution >= 0.6 is 0 Å². The van der Waals surface area contributed by atoms with Gasteiger partial charge in [-0.1, -0.05) is 60.7 Å². The van der Waals surface area contributed by atoms with Crippen molar-refractivity contribution < 1.29 is 24.5 Å². The third-order valence-corrected chi connectivity index (χ3v) is 7.96. The number of amides is 1. The Kier molecular flexibility index (Phi) is 8.35. The molecule has 3 aromatic carbocycles. The van der Waals surface area contributed by atoms with E-state index in [1.807, 2.05) is 24.3 Å². The van der Waals surface area contributed by atoms with Crippen LogP contribution in [0.2, 0.25) is 0 Å². The quantitative estimate of drug-likeness (QED) is 0.264. The molecule has 0 aromatic heterocycles. The Balaban J connectivity index is 1.52. The molecule has 3 atom stereocenters. The monoisotopic (exact) mass is 528 g/mol. The molecule has 1 aliphatic carbocycles. The summed E-state index contributed by atoms with van der Waals surface area (Å²) in [5.41, 5.74) is 5.82. The number of nitrogens with one attached hydrogen (secondary N) is 1. The molecule has 204 valence electrons. The highest BCUT2D eigenvalue weighted by Crippen LogP contribution is 2.50. The Hall–Kier alpha value is -4.00. The minimum atomic E-state index is -0.992. The highest BCUT2D eigenvalue weighted by atomic mass is 16.5. The summed E-state index contributed by atoms with van der Waals surface area (Å²) in [5.74, 6) is -0.0332. The first-order valence-corrected chi connectivity index (χ1v) is 13.8. The molecule has 0 radical (unpaired) electrons. The molecule has 1 heterocycles. The first kappa shape index (κ1) is 26.6. The van der Waals surface area contributed by atoms with Crippen molar-refractivity contribution in [3.8, 4) is 5.75 Å². The number of carboxylic acids is 1. The summed E-state index contributed by atoms with van der Waals surface area (Å²) in [6.07, 6.45) is 3.91. The predicted molar refractivity (Wildman–Crippen MR) is 151 cm³/mol. The lowest BCUT2D eigenvalue weighted by atomic mass is 9.78. The minimum absolute atomic E-state index is 0.0260. The summed E-state index contributed by atoms with van der Waals surface area (Å²) in [6, 6.07) is 25.1. The zero-order valence-corrected chi connectivity index (χ0v) is 22.1. The number of fused-ring (bicyclic) bond motifs is 3. The summed E-state index contributed by atoms with van der Waals surface area (Å²) in [5, 5.41) is 21.5. The van der Waals surface area contributed by atoms with Crippen LogP contribution in [0, 0.1) is 0 Å². The molecule has 1 amide bonds. The normalized spacial score (nSPS) is 19.7. The molecule has 0 spiro atoms. The molecule has 5 rings (SSSR count). The van der Waals surface area contributed by atoms with Crippen molar-refractivity contribution in [2.24, 2.45) is 0 Å². The number of benzene rings is 3. The molecule has 0 bridgehead atoms. The summed E-state index contributed by atoms with van der Waals surface area (Å²) >= 11 is 0. The van der Waals surface area contributed by atoms with Gasteiger partial charge in [0.25, 0.3) is 0 Å². The Morgan fingerprint density at radius 3 is 2.33 bits per heavy atom. The van der Waals surface area contributed by atoms with Crippen molar-refractivity contribution in [3.05, 3.63) is 95.1 Å². The average molecular weight is 529 g/mol. The van der Waals surface area contributed by atoms with Crippen molar-refractivity contribution in [1.82, 2.24) is 5.32 Å². The summed E-state index contributed by atoms with van der Waals surface area (Å²) in [4.78, 5) is 25.2. The molecule has 2 aliphatic rings. The number of nitrogens with zero attached hydrogens (tertiary/aromatic N) is 1. The van der Waals surface area contributed by atoms with Gasteiger partial charge in [0.15, 0.2) is 0 Å². The van der Waals surface area contributed by atoms with Gasteiger partial charge in [-0.15, -0.1) is 0 Å². The summed E-state index contributed by atoms with van der Waals surface area (Å²) in [7, 11) is 0. The third kappa shape index (κ3) is 6.36. The van der Waals surface area contributed by atoms with E-state index < -0.39 is 12.1 Å². The van der Waals surface area contributed by atoms with E-state index >= 15 is 0 Å². The molecular weight excluding hydrogens is 492 g/mol. The molecular formula is C32H36N2O5. The van der Waals surface area contributed by atoms with E-state index in [9.17, 15) is 14.7 Å². The standard InChI is InChI=1S/C32H36N2O5/c35-30(36)15-8-18-39-29-20-25-28(19-24(29)17-16-22-9-3-1-4-10-22)34(21-23-11-5-2-6-12-23)27-14-7-13-26(31(25)27)33-32(37)38/h1-6,9-12,19-20,26-27,31,33H,7-8,13-18,21H2,(H,35,36)(H,37,38). The second kappa shape index (κ2) is 12.2. The second-order valence-corrected chi connectivity index (χ2v) is 10.5. The lowest BCUT2D eigenvalue weighted by molar-refractivity contribution is -0.137. The van der Waals surface area contributed by atoms with Gasteiger partial charge in [-0.3, -0.25) is 4.79 Å². The number of anilines is 1. The van der Waals surface area contributed by atoms with Crippen LogP contribution in [-0.4, -0.2) is 41.0 Å². The van der Waals surface area contributed by atoms with Crippen molar-refractivity contribution in [1.29, 1.82) is 0 Å². The van der Waals surface area contributed by atoms with Crippen LogP contribution < -0.4 is 15.0 Å². The van der Waals surface area contributed by atoms with Crippen LogP contribution in [-0.2, 0) is 24.2 Å². The minimum Gasteiger partial charge on any atom is -0.493 e. The number of hydrogen-bond donors (Lipinski definition) is 3. The van der Waals surface area contributed by atoms with Crippen molar-refractivity contribution in [2.75, 3.05) is 11.5 Å². The molecule has 1 fully saturated rings. The maximum absolute atomic E-state index is 11.7. The SMILES string of the molecule is O=C(O)CCCOc1cc2c(cc1CCc1ccccc1)N(Cc1ccccc1)C1CCCC(NC(=O)O)C21. The lowest BCUT2D eigenvalue weighted by Gasteiger charge is -2.38. The molecule has 1 aliphatic heterocycles. The van der Waals surface area contributed by atoms with Crippen LogP contribution in [0.15, 0.2) is 72.8 Å². The third-order valence-electron chi connectivity index (χ3n) is 7.96. The molecule has 0 saturated heterocycles. The van der Waals surface area contributed by atoms with Gasteiger partial charge in [-0.2, -0.15) is 0 Å². The highest BCUT2D eigenvalue weighted by Gasteiger charge is 2.45. The van der Waals surface area contributed by atoms with E-state index in [-0.39, 0.29) is 24.4 Å². The summed E-state index contributed by atoms with van der Waals surface area (Å²) in [6.45, 7) is 1.08. The van der Waals surface area contributed by atoms with Gasteiger partial charge in [0.1, 0.15) is 5.75 Å². The first-order valence-electron chi connectivity index (χ1n) is 13.8. The van der Waals surface area contributed by atoms with Gasteiger partial charge in [-0.25, -0.2) is 4.79 Å². The van der Waals surface area contributed by atoms with Crippen LogP contribution in [0.3, 0.4) is 0 Å². The fourth-order valence-corrected chi connectivity index (χ4v) is 6.23. The molecule has 3 unspecified atom stereocenters. The Morgan fingerprint density at radius 1 is 0.923 bits per heavy atom. The van der Waals surface area contributed by atoms with Crippen molar-refractivity contribution in [2.45, 2.75) is 69.5 Å². The van der Waals surface area contributed by atoms with Crippen LogP contribution in [0.4, 0.5) is 10.5 Å². The van der Waals surface area contributed by atoms with E-state index in [4.69, 9.17) is 9.84 Å². The average Bonchev–Trinajstić information content (AvgIpc) is 3.23. The van der Waals surface area contributed by atoms with Gasteiger partial charge >= 0.3 is 12.1 Å². The van der Waals surface area contributed by atoms with E-state index in [0.717, 1.165) is 61.2 Å². The second-order valence-electron chi connectivity index (χ2n) is 10.5. The Morgan fingerprint density at radius 2 is 1.64 bits per heavy atom. The molecule has 7 heteroatoms. The molecule has 3 N–H and O–H groups in total. The van der Waals surface area contributed by atoms with E-state index in [0.29, 0.717) is 13.0 Å². The largest absolute Gasteiger partial charge is 0.493 e. The molecule has 1 saturated carbocycles. The highest BCUT2D eigenvalue weighted by molar-refractivity contribution is 5.69. The Labute approximate surface area is 229 Å². The van der Waals surface area contributed by atoms with Gasteiger partial charge in [0, 0.05) is 36.7 Å². The zero-order chi connectivity index (χ0) is 27.2. The van der Waals surface area contributed by atoms with Gasteiger partial charge in [0.05, 0.1) is 6.61 Å². The Bertz CT molecular complexity index is 1280. The zero-order valence-electron chi connectivity index (χ0n) is 22.1. The van der Waals surface area contributed by atoms with Crippen LogP contribution in [0.25, 0.3) is 0 Å². The number of aliphatic carboxylic acids is 1. The van der Waals surface area contributed by atoms with Crippen molar-refractivity contribution >= 4 is 17.7 Å². The number of hydrogen-bond acceptors (Lipinski definition) is 4. The van der Waals surface area contributed by atoms with Gasteiger partial charge in [-0.05, 0) is 72.9 Å². The maximum atomic E-state index is 11.7. The summed E-state index contributed by atoms with van der Waals surface area (Å²) < 4.78 is 6.23. The fourth-order valence-electron chi connectivity index (χ4n) is 6.23. The number of carbonyl (C=O) groups is 2. The predicted octanol–water partition coefficient (Wildman–Crippen LogP) is 6.01. The molecule has 3 aromatic rings. The topological polar surface area (TPSA) is 99.1 Å². The number of rotatable bonds is 11. The smallest absolute Gasteiger partial charge is 0.404 e. The van der Waals surface area contributed by atoms with E-state index in [1.54, 1.807) is 0 Å². The van der Waals surface area contributed by atoms with E-state index in [2.05, 4.69) is 58.7 Å². The number of ether oxygens (including phenoxy) is 1. The maximum Gasteiger partial charge on any atom is 0.404 e.